The second kappa shape index (κ2) is 7.92. The van der Waals surface area contributed by atoms with Crippen molar-refractivity contribution in [3.8, 4) is 0 Å². The molecule has 0 saturated heterocycles. The fourth-order valence-corrected chi connectivity index (χ4v) is 2.17. The number of carbonyl (C=O) groups is 1. The topological polar surface area (TPSA) is 91.3 Å². The first-order chi connectivity index (χ1) is 11.4. The summed E-state index contributed by atoms with van der Waals surface area (Å²) in [5.74, 6) is 0. The number of H-pyrrole nitrogens is 1. The molecule has 7 heteroatoms. The SMILES string of the molecule is CC(C)(C)OC(=O)N(Cc1ccc(CCO)cc1)Cc1c[nH]nn1. The van der Waals surface area contributed by atoms with E-state index < -0.39 is 11.7 Å². The van der Waals surface area contributed by atoms with Gasteiger partial charge in [-0.05, 0) is 38.3 Å². The number of ether oxygens (including phenoxy) is 1. The third-order valence-corrected chi connectivity index (χ3v) is 3.27. The van der Waals surface area contributed by atoms with Crippen LogP contribution in [0.25, 0.3) is 0 Å². The zero-order valence-electron chi connectivity index (χ0n) is 14.3. The van der Waals surface area contributed by atoms with E-state index in [1.165, 1.54) is 0 Å². The number of amides is 1. The Kier molecular flexibility index (Phi) is 5.92. The van der Waals surface area contributed by atoms with Crippen molar-refractivity contribution >= 4 is 6.09 Å². The van der Waals surface area contributed by atoms with Crippen molar-refractivity contribution in [3.05, 3.63) is 47.3 Å². The molecule has 0 saturated carbocycles. The largest absolute Gasteiger partial charge is 0.444 e. The highest BCUT2D eigenvalue weighted by molar-refractivity contribution is 5.68. The summed E-state index contributed by atoms with van der Waals surface area (Å²) in [6.07, 6.45) is 1.88. The number of hydrogen-bond donors (Lipinski definition) is 2. The summed E-state index contributed by atoms with van der Waals surface area (Å²) < 4.78 is 5.48. The lowest BCUT2D eigenvalue weighted by atomic mass is 10.1. The van der Waals surface area contributed by atoms with Crippen molar-refractivity contribution in [3.63, 3.8) is 0 Å². The van der Waals surface area contributed by atoms with Gasteiger partial charge in [0, 0.05) is 19.3 Å². The van der Waals surface area contributed by atoms with Crippen LogP contribution in [0.5, 0.6) is 0 Å². The highest BCUT2D eigenvalue weighted by atomic mass is 16.6. The molecule has 0 bridgehead atoms. The zero-order valence-corrected chi connectivity index (χ0v) is 14.3. The maximum Gasteiger partial charge on any atom is 0.410 e. The van der Waals surface area contributed by atoms with Gasteiger partial charge in [-0.3, -0.25) is 10.00 Å². The number of nitrogens with zero attached hydrogens (tertiary/aromatic N) is 3. The molecular formula is C17H24N4O3. The van der Waals surface area contributed by atoms with E-state index in [4.69, 9.17) is 9.84 Å². The van der Waals surface area contributed by atoms with Crippen LogP contribution in [0.2, 0.25) is 0 Å². The van der Waals surface area contributed by atoms with E-state index in [9.17, 15) is 4.79 Å². The Hall–Kier alpha value is -2.41. The molecule has 2 rings (SSSR count). The van der Waals surface area contributed by atoms with E-state index in [1.54, 1.807) is 11.1 Å². The van der Waals surface area contributed by atoms with Gasteiger partial charge < -0.3 is 9.84 Å². The van der Waals surface area contributed by atoms with Gasteiger partial charge in [-0.2, -0.15) is 0 Å². The average Bonchev–Trinajstić information content (AvgIpc) is 3.00. The quantitative estimate of drug-likeness (QED) is 0.847. The molecule has 0 atom stereocenters. The van der Waals surface area contributed by atoms with E-state index in [2.05, 4.69) is 15.4 Å². The van der Waals surface area contributed by atoms with Crippen molar-refractivity contribution in [2.24, 2.45) is 0 Å². The van der Waals surface area contributed by atoms with Crippen molar-refractivity contribution in [2.75, 3.05) is 6.61 Å². The first kappa shape index (κ1) is 17.9. The van der Waals surface area contributed by atoms with Crippen molar-refractivity contribution in [2.45, 2.75) is 45.9 Å². The molecule has 0 aliphatic carbocycles. The van der Waals surface area contributed by atoms with Gasteiger partial charge in [0.15, 0.2) is 0 Å². The minimum absolute atomic E-state index is 0.121. The summed E-state index contributed by atoms with van der Waals surface area (Å²) in [5.41, 5.74) is 2.13. The van der Waals surface area contributed by atoms with E-state index >= 15 is 0 Å². The van der Waals surface area contributed by atoms with Crippen LogP contribution in [0.15, 0.2) is 30.5 Å². The number of nitrogens with one attached hydrogen (secondary N) is 1. The summed E-state index contributed by atoms with van der Waals surface area (Å²) in [6, 6.07) is 7.81. The average molecular weight is 332 g/mol. The molecule has 7 nitrogen and oxygen atoms in total. The predicted octanol–water partition coefficient (Wildman–Crippen LogP) is 2.28. The molecule has 0 radical (unpaired) electrons. The third-order valence-electron chi connectivity index (χ3n) is 3.27. The van der Waals surface area contributed by atoms with E-state index in [0.717, 1.165) is 11.1 Å². The number of aliphatic hydroxyl groups excluding tert-OH is 1. The molecule has 1 heterocycles. The Labute approximate surface area is 141 Å². The van der Waals surface area contributed by atoms with Gasteiger partial charge in [0.05, 0.1) is 6.54 Å². The summed E-state index contributed by atoms with van der Waals surface area (Å²) in [6.45, 7) is 6.34. The first-order valence-corrected chi connectivity index (χ1v) is 7.89. The van der Waals surface area contributed by atoms with E-state index in [-0.39, 0.29) is 6.61 Å². The number of hydrogen-bond acceptors (Lipinski definition) is 5. The van der Waals surface area contributed by atoms with Crippen molar-refractivity contribution in [1.82, 2.24) is 20.3 Å². The minimum atomic E-state index is -0.565. The van der Waals surface area contributed by atoms with Gasteiger partial charge in [-0.1, -0.05) is 29.5 Å². The molecule has 1 aromatic heterocycles. The predicted molar refractivity (Wildman–Crippen MR) is 89.1 cm³/mol. The lowest BCUT2D eigenvalue weighted by Crippen LogP contribution is -2.36. The lowest BCUT2D eigenvalue weighted by molar-refractivity contribution is 0.0214. The van der Waals surface area contributed by atoms with Crippen LogP contribution in [0.3, 0.4) is 0 Å². The molecular weight excluding hydrogens is 308 g/mol. The van der Waals surface area contributed by atoms with Crippen LogP contribution >= 0.6 is 0 Å². The van der Waals surface area contributed by atoms with Gasteiger partial charge in [0.2, 0.25) is 0 Å². The van der Waals surface area contributed by atoms with Crippen LogP contribution in [0.1, 0.15) is 37.6 Å². The molecule has 1 aromatic carbocycles. The molecule has 2 N–H and O–H groups in total. The molecule has 0 aliphatic heterocycles. The Morgan fingerprint density at radius 3 is 2.42 bits per heavy atom. The second-order valence-electron chi connectivity index (χ2n) is 6.59. The monoisotopic (exact) mass is 332 g/mol. The Morgan fingerprint density at radius 2 is 1.88 bits per heavy atom. The summed E-state index contributed by atoms with van der Waals surface area (Å²) in [5, 5.41) is 19.2. The normalized spacial score (nSPS) is 11.3. The summed E-state index contributed by atoms with van der Waals surface area (Å²) >= 11 is 0. The highest BCUT2D eigenvalue weighted by Gasteiger charge is 2.23. The number of aliphatic hydroxyl groups is 1. The van der Waals surface area contributed by atoms with Crippen molar-refractivity contribution in [1.29, 1.82) is 0 Å². The van der Waals surface area contributed by atoms with Gasteiger partial charge in [0.1, 0.15) is 11.3 Å². The molecule has 0 fully saturated rings. The van der Waals surface area contributed by atoms with Crippen LogP contribution in [0.4, 0.5) is 4.79 Å². The van der Waals surface area contributed by atoms with Crippen LogP contribution in [-0.2, 0) is 24.2 Å². The number of benzene rings is 1. The molecule has 0 aliphatic rings. The van der Waals surface area contributed by atoms with E-state index in [1.807, 2.05) is 45.0 Å². The summed E-state index contributed by atoms with van der Waals surface area (Å²) in [7, 11) is 0. The maximum absolute atomic E-state index is 12.5. The Balaban J connectivity index is 2.10. The van der Waals surface area contributed by atoms with Crippen LogP contribution < -0.4 is 0 Å². The van der Waals surface area contributed by atoms with Gasteiger partial charge in [-0.25, -0.2) is 4.79 Å². The number of aromatic nitrogens is 3. The molecule has 24 heavy (non-hydrogen) atoms. The zero-order chi connectivity index (χ0) is 17.6. The summed E-state index contributed by atoms with van der Waals surface area (Å²) in [4.78, 5) is 14.1. The van der Waals surface area contributed by atoms with Gasteiger partial charge in [0.25, 0.3) is 0 Å². The number of rotatable bonds is 6. The highest BCUT2D eigenvalue weighted by Crippen LogP contribution is 2.15. The van der Waals surface area contributed by atoms with Crippen molar-refractivity contribution < 1.29 is 14.6 Å². The number of aromatic amines is 1. The number of carbonyl (C=O) groups excluding carboxylic acids is 1. The smallest absolute Gasteiger partial charge is 0.410 e. The Morgan fingerprint density at radius 1 is 1.21 bits per heavy atom. The van der Waals surface area contributed by atoms with Gasteiger partial charge >= 0.3 is 6.09 Å². The van der Waals surface area contributed by atoms with Crippen LogP contribution in [0, 0.1) is 0 Å². The molecule has 1 amide bonds. The lowest BCUT2D eigenvalue weighted by Gasteiger charge is -2.27. The molecule has 2 aromatic rings. The fourth-order valence-electron chi connectivity index (χ4n) is 2.17. The van der Waals surface area contributed by atoms with Crippen LogP contribution in [-0.4, -0.2) is 43.7 Å². The molecule has 0 unspecified atom stereocenters. The molecule has 130 valence electrons. The van der Waals surface area contributed by atoms with Gasteiger partial charge in [-0.15, -0.1) is 5.10 Å². The fraction of sp³-hybridized carbons (Fsp3) is 0.471. The maximum atomic E-state index is 12.5. The standard InChI is InChI=1S/C17H24N4O3/c1-17(2,3)24-16(23)21(12-15-10-18-20-19-15)11-14-6-4-13(5-7-14)8-9-22/h4-7,10,22H,8-9,11-12H2,1-3H3,(H,18,19,20). The third kappa shape index (κ3) is 5.66. The minimum Gasteiger partial charge on any atom is -0.444 e. The Bertz CT molecular complexity index is 633. The second-order valence-corrected chi connectivity index (χ2v) is 6.59. The van der Waals surface area contributed by atoms with E-state index in [0.29, 0.717) is 25.2 Å². The molecule has 0 spiro atoms. The first-order valence-electron chi connectivity index (χ1n) is 7.89.